The van der Waals surface area contributed by atoms with Gasteiger partial charge in [-0.25, -0.2) is 4.79 Å². The molecule has 0 aliphatic heterocycles. The van der Waals surface area contributed by atoms with Crippen molar-refractivity contribution in [3.05, 3.63) is 0 Å². The topological polar surface area (TPSA) is 79.3 Å². The van der Waals surface area contributed by atoms with Crippen LogP contribution < -0.4 is 0 Å². The minimum Gasteiger partial charge on any atom is -0.481 e. The van der Waals surface area contributed by atoms with E-state index < -0.39 is 5.97 Å². The third-order valence-electron chi connectivity index (χ3n) is 2.68. The molecular formula is C13H26N2O5. The first-order valence-electron chi connectivity index (χ1n) is 6.90. The van der Waals surface area contributed by atoms with Gasteiger partial charge in [0.15, 0.2) is 0 Å². The summed E-state index contributed by atoms with van der Waals surface area (Å²) in [7, 11) is 1.60. The van der Waals surface area contributed by atoms with Crippen LogP contribution in [0, 0.1) is 0 Å². The second kappa shape index (κ2) is 11.5. The lowest BCUT2D eigenvalue weighted by molar-refractivity contribution is -0.137. The average molecular weight is 290 g/mol. The van der Waals surface area contributed by atoms with E-state index >= 15 is 0 Å². The lowest BCUT2D eigenvalue weighted by Crippen LogP contribution is -2.45. The number of hydrogen-bond donors (Lipinski definition) is 1. The molecule has 0 fully saturated rings. The molecule has 0 spiro atoms. The first-order valence-corrected chi connectivity index (χ1v) is 6.90. The van der Waals surface area contributed by atoms with Crippen molar-refractivity contribution in [2.24, 2.45) is 0 Å². The highest BCUT2D eigenvalue weighted by molar-refractivity contribution is 5.75. The monoisotopic (exact) mass is 290 g/mol. The fraction of sp³-hybridized carbons (Fsp3) is 0.846. The smallest absolute Gasteiger partial charge is 0.319 e. The highest BCUT2D eigenvalue weighted by Gasteiger charge is 2.18. The van der Waals surface area contributed by atoms with Crippen molar-refractivity contribution in [3.8, 4) is 0 Å². The minimum absolute atomic E-state index is 0.0625. The fourth-order valence-electron chi connectivity index (χ4n) is 1.54. The number of rotatable bonds is 11. The molecule has 0 saturated carbocycles. The number of hydrogen-bond acceptors (Lipinski definition) is 4. The van der Waals surface area contributed by atoms with Gasteiger partial charge in [-0.05, 0) is 13.8 Å². The van der Waals surface area contributed by atoms with Crippen molar-refractivity contribution in [1.82, 2.24) is 9.80 Å². The molecule has 0 radical (unpaired) electrons. The van der Waals surface area contributed by atoms with Crippen molar-refractivity contribution in [1.29, 1.82) is 0 Å². The van der Waals surface area contributed by atoms with E-state index in [1.165, 1.54) is 4.90 Å². The molecule has 0 saturated heterocycles. The Morgan fingerprint density at radius 3 is 1.90 bits per heavy atom. The summed E-state index contributed by atoms with van der Waals surface area (Å²) in [6, 6.07) is -0.203. The molecule has 1 N–H and O–H groups in total. The molecule has 7 nitrogen and oxygen atoms in total. The number of carbonyl (C=O) groups excluding carboxylic acids is 1. The van der Waals surface area contributed by atoms with Gasteiger partial charge in [0.25, 0.3) is 0 Å². The molecule has 0 aromatic heterocycles. The Labute approximate surface area is 120 Å². The van der Waals surface area contributed by atoms with Crippen molar-refractivity contribution in [2.45, 2.75) is 20.3 Å². The fourth-order valence-corrected chi connectivity index (χ4v) is 1.54. The van der Waals surface area contributed by atoms with Crippen molar-refractivity contribution >= 4 is 12.0 Å². The van der Waals surface area contributed by atoms with Gasteiger partial charge in [0.2, 0.25) is 0 Å². The zero-order valence-electron chi connectivity index (χ0n) is 12.6. The summed E-state index contributed by atoms with van der Waals surface area (Å²) < 4.78 is 10.5. The second-order valence-electron chi connectivity index (χ2n) is 4.23. The Balaban J connectivity index is 4.31. The summed E-state index contributed by atoms with van der Waals surface area (Å²) in [6.45, 7) is 7.03. The average Bonchev–Trinajstić information content (AvgIpc) is 2.42. The summed E-state index contributed by atoms with van der Waals surface area (Å²) >= 11 is 0. The molecular weight excluding hydrogens is 264 g/mol. The van der Waals surface area contributed by atoms with Gasteiger partial charge in [-0.15, -0.1) is 0 Å². The maximum Gasteiger partial charge on any atom is 0.319 e. The van der Waals surface area contributed by atoms with Gasteiger partial charge in [0.05, 0.1) is 19.6 Å². The summed E-state index contributed by atoms with van der Waals surface area (Å²) in [6.07, 6.45) is -0.0625. The molecule has 0 aliphatic rings. The second-order valence-corrected chi connectivity index (χ2v) is 4.23. The minimum atomic E-state index is -0.917. The molecule has 0 rings (SSSR count). The van der Waals surface area contributed by atoms with E-state index in [1.54, 1.807) is 11.9 Å². The van der Waals surface area contributed by atoms with Crippen LogP contribution in [-0.4, -0.2) is 80.0 Å². The molecule has 0 atom stereocenters. The third kappa shape index (κ3) is 8.71. The zero-order chi connectivity index (χ0) is 15.4. The summed E-state index contributed by atoms with van der Waals surface area (Å²) in [4.78, 5) is 25.7. The van der Waals surface area contributed by atoms with E-state index in [0.717, 1.165) is 0 Å². The number of urea groups is 1. The van der Waals surface area contributed by atoms with Crippen LogP contribution in [-0.2, 0) is 14.3 Å². The lowest BCUT2D eigenvalue weighted by Gasteiger charge is -2.27. The number of nitrogens with zero attached hydrogens (tertiary/aromatic N) is 2. The van der Waals surface area contributed by atoms with Crippen LogP contribution in [0.4, 0.5) is 4.79 Å². The van der Waals surface area contributed by atoms with Crippen molar-refractivity contribution < 1.29 is 24.2 Å². The number of amides is 2. The largest absolute Gasteiger partial charge is 0.481 e. The lowest BCUT2D eigenvalue weighted by atomic mass is 10.4. The van der Waals surface area contributed by atoms with Crippen molar-refractivity contribution in [3.63, 3.8) is 0 Å². The van der Waals surface area contributed by atoms with Crippen LogP contribution in [0.5, 0.6) is 0 Å². The van der Waals surface area contributed by atoms with E-state index in [9.17, 15) is 9.59 Å². The van der Waals surface area contributed by atoms with Gasteiger partial charge in [-0.2, -0.15) is 0 Å². The number of carbonyl (C=O) groups is 2. The van der Waals surface area contributed by atoms with Gasteiger partial charge in [-0.1, -0.05) is 0 Å². The molecule has 0 unspecified atom stereocenters. The van der Waals surface area contributed by atoms with E-state index in [4.69, 9.17) is 14.6 Å². The highest BCUT2D eigenvalue weighted by Crippen LogP contribution is 1.99. The predicted octanol–water partition coefficient (Wildman–Crippen LogP) is 0.888. The number of ether oxygens (including phenoxy) is 2. The van der Waals surface area contributed by atoms with E-state index in [1.807, 2.05) is 13.8 Å². The van der Waals surface area contributed by atoms with Crippen LogP contribution in [0.2, 0.25) is 0 Å². The SMILES string of the molecule is CCOCCN(CCOCC)C(=O)N(C)CCC(=O)O. The molecule has 2 amide bonds. The molecule has 0 aliphatic carbocycles. The summed E-state index contributed by atoms with van der Waals surface area (Å²) in [5.41, 5.74) is 0. The molecule has 7 heteroatoms. The quantitative estimate of drug-likeness (QED) is 0.572. The van der Waals surface area contributed by atoms with Crippen LogP contribution in [0.15, 0.2) is 0 Å². The van der Waals surface area contributed by atoms with Crippen LogP contribution in [0.1, 0.15) is 20.3 Å². The normalized spacial score (nSPS) is 10.3. The molecule has 0 aromatic rings. The Morgan fingerprint density at radius 2 is 1.50 bits per heavy atom. The maximum atomic E-state index is 12.2. The Kier molecular flexibility index (Phi) is 10.7. The molecule has 20 heavy (non-hydrogen) atoms. The first-order chi connectivity index (χ1) is 9.52. The Morgan fingerprint density at radius 1 is 1.00 bits per heavy atom. The van der Waals surface area contributed by atoms with Crippen molar-refractivity contribution in [2.75, 3.05) is 53.1 Å². The first kappa shape index (κ1) is 18.7. The van der Waals surface area contributed by atoms with E-state index in [0.29, 0.717) is 39.5 Å². The number of aliphatic carboxylic acids is 1. The summed E-state index contributed by atoms with van der Waals surface area (Å²) in [5.74, 6) is -0.917. The third-order valence-corrected chi connectivity index (χ3v) is 2.68. The van der Waals surface area contributed by atoms with E-state index in [-0.39, 0.29) is 19.0 Å². The number of carboxylic acid groups (broad SMARTS) is 1. The van der Waals surface area contributed by atoms with Crippen LogP contribution in [0.25, 0.3) is 0 Å². The van der Waals surface area contributed by atoms with Crippen LogP contribution >= 0.6 is 0 Å². The molecule has 0 bridgehead atoms. The van der Waals surface area contributed by atoms with E-state index in [2.05, 4.69) is 0 Å². The molecule has 0 aromatic carbocycles. The predicted molar refractivity (Wildman–Crippen MR) is 74.8 cm³/mol. The van der Waals surface area contributed by atoms with Gasteiger partial charge in [-0.3, -0.25) is 4.79 Å². The summed E-state index contributed by atoms with van der Waals surface area (Å²) in [5, 5.41) is 8.64. The number of carboxylic acids is 1. The Hall–Kier alpha value is -1.34. The van der Waals surface area contributed by atoms with Gasteiger partial charge in [0, 0.05) is 39.9 Å². The van der Waals surface area contributed by atoms with Gasteiger partial charge < -0.3 is 24.4 Å². The van der Waals surface area contributed by atoms with Gasteiger partial charge in [0.1, 0.15) is 0 Å². The maximum absolute atomic E-state index is 12.2. The van der Waals surface area contributed by atoms with Crippen LogP contribution in [0.3, 0.4) is 0 Å². The Bertz CT molecular complexity index is 276. The van der Waals surface area contributed by atoms with Gasteiger partial charge >= 0.3 is 12.0 Å². The zero-order valence-corrected chi connectivity index (χ0v) is 12.6. The molecule has 0 heterocycles. The molecule has 118 valence electrons. The highest BCUT2D eigenvalue weighted by atomic mass is 16.5. The standard InChI is InChI=1S/C13H26N2O5/c1-4-19-10-8-15(9-11-20-5-2)13(18)14(3)7-6-12(16)17/h4-11H2,1-3H3,(H,16,17).